The van der Waals surface area contributed by atoms with Gasteiger partial charge in [0.1, 0.15) is 17.5 Å². The van der Waals surface area contributed by atoms with Crippen LogP contribution in [0.15, 0.2) is 31.0 Å². The summed E-state index contributed by atoms with van der Waals surface area (Å²) in [5.74, 6) is 2.69. The molecule has 0 amide bonds. The molecule has 0 spiro atoms. The first kappa shape index (κ1) is 16.5. The number of fused-ring (bicyclic) bond motifs is 1. The zero-order valence-electron chi connectivity index (χ0n) is 14.5. The molecule has 1 saturated carbocycles. The molecule has 8 nitrogen and oxygen atoms in total. The number of aromatic amines is 1. The Kier molecular flexibility index (Phi) is 3.44. The summed E-state index contributed by atoms with van der Waals surface area (Å²) in [6.07, 6.45) is 14.5. The van der Waals surface area contributed by atoms with Crippen molar-refractivity contribution in [2.45, 2.75) is 30.1 Å². The van der Waals surface area contributed by atoms with Gasteiger partial charge in [-0.15, -0.1) is 12.3 Å². The van der Waals surface area contributed by atoms with Crippen molar-refractivity contribution in [2.24, 2.45) is 0 Å². The average Bonchev–Trinajstić information content (AvgIpc) is 3.19. The molecule has 27 heavy (non-hydrogen) atoms. The van der Waals surface area contributed by atoms with E-state index in [-0.39, 0.29) is 5.25 Å². The Morgan fingerprint density at radius 3 is 2.89 bits per heavy atom. The van der Waals surface area contributed by atoms with Gasteiger partial charge in [-0.25, -0.2) is 18.4 Å². The quantitative estimate of drug-likeness (QED) is 0.672. The number of nitrogens with one attached hydrogen (secondary N) is 1. The molecule has 4 heterocycles. The van der Waals surface area contributed by atoms with E-state index in [1.807, 2.05) is 23.1 Å². The molecule has 1 aliphatic heterocycles. The zero-order valence-corrected chi connectivity index (χ0v) is 15.4. The smallest absolute Gasteiger partial charge is 0.217 e. The van der Waals surface area contributed by atoms with Crippen LogP contribution in [0, 0.1) is 12.3 Å². The highest BCUT2D eigenvalue weighted by Gasteiger charge is 2.53. The highest BCUT2D eigenvalue weighted by atomic mass is 32.2. The minimum atomic E-state index is -3.19. The summed E-state index contributed by atoms with van der Waals surface area (Å²) in [6, 6.07) is 1.92. The second-order valence-corrected chi connectivity index (χ2v) is 9.47. The van der Waals surface area contributed by atoms with Gasteiger partial charge in [-0.1, -0.05) is 0 Å². The Morgan fingerprint density at radius 1 is 1.33 bits per heavy atom. The molecule has 1 saturated heterocycles. The lowest BCUT2D eigenvalue weighted by molar-refractivity contribution is 0.0721. The highest BCUT2D eigenvalue weighted by molar-refractivity contribution is 7.90. The fraction of sp³-hybridized carbons (Fsp3) is 0.389. The normalized spacial score (nSPS) is 19.7. The molecule has 1 aliphatic carbocycles. The molecule has 9 heteroatoms. The molecule has 3 aromatic rings. The number of rotatable bonds is 5. The maximum atomic E-state index is 12.5. The Hall–Kier alpha value is -2.70. The fourth-order valence-corrected chi connectivity index (χ4v) is 5.70. The molecular formula is C18H18N6O2S. The van der Waals surface area contributed by atoms with Crippen molar-refractivity contribution in [2.75, 3.05) is 13.1 Å². The van der Waals surface area contributed by atoms with Crippen LogP contribution in [0.1, 0.15) is 19.3 Å². The summed E-state index contributed by atoms with van der Waals surface area (Å²) in [6.45, 7) is 0.723. The first-order valence-electron chi connectivity index (χ1n) is 8.80. The summed E-state index contributed by atoms with van der Waals surface area (Å²) in [5.41, 5.74) is 1.89. The Morgan fingerprint density at radius 2 is 2.15 bits per heavy atom. The van der Waals surface area contributed by atoms with Gasteiger partial charge in [0.05, 0.1) is 17.1 Å². The Bertz CT molecular complexity index is 1160. The van der Waals surface area contributed by atoms with E-state index in [4.69, 9.17) is 6.42 Å². The molecule has 1 N–H and O–H groups in total. The lowest BCUT2D eigenvalue weighted by Crippen LogP contribution is -2.64. The number of hydrogen-bond donors (Lipinski definition) is 1. The lowest BCUT2D eigenvalue weighted by atomic mass is 9.89. The lowest BCUT2D eigenvalue weighted by Gasteiger charge is -2.48. The van der Waals surface area contributed by atoms with Crippen molar-refractivity contribution in [3.05, 3.63) is 31.0 Å². The van der Waals surface area contributed by atoms with E-state index in [2.05, 4.69) is 26.0 Å². The van der Waals surface area contributed by atoms with Crippen LogP contribution in [-0.2, 0) is 15.6 Å². The van der Waals surface area contributed by atoms with E-state index in [0.29, 0.717) is 19.5 Å². The first-order chi connectivity index (χ1) is 13.0. The van der Waals surface area contributed by atoms with Crippen molar-refractivity contribution >= 4 is 21.1 Å². The molecule has 0 radical (unpaired) electrons. The van der Waals surface area contributed by atoms with Crippen molar-refractivity contribution in [3.8, 4) is 23.6 Å². The molecule has 0 unspecified atom stereocenters. The summed E-state index contributed by atoms with van der Waals surface area (Å²) in [7, 11) is -3.19. The van der Waals surface area contributed by atoms with Gasteiger partial charge in [-0.2, -0.15) is 9.40 Å². The maximum Gasteiger partial charge on any atom is 0.217 e. The standard InChI is InChI=1S/C18H18N6O2S/c1-2-6-18(10-23(11-18)27(25,26)14-3-4-14)24-9-13(8-22-24)16-15-5-7-19-17(15)21-12-20-16/h1,5,7-9,12,14H,3-4,6,10-11H2,(H,19,20,21). The van der Waals surface area contributed by atoms with Gasteiger partial charge in [0.15, 0.2) is 0 Å². The number of H-pyrrole nitrogens is 1. The van der Waals surface area contributed by atoms with Gasteiger partial charge in [0, 0.05) is 42.9 Å². The third-order valence-corrected chi connectivity index (χ3v) is 7.67. The molecule has 0 aromatic carbocycles. The van der Waals surface area contributed by atoms with Crippen LogP contribution in [-0.4, -0.2) is 55.8 Å². The maximum absolute atomic E-state index is 12.5. The molecule has 138 valence electrons. The summed E-state index contributed by atoms with van der Waals surface area (Å²) >= 11 is 0. The minimum absolute atomic E-state index is 0.211. The third kappa shape index (κ3) is 2.48. The van der Waals surface area contributed by atoms with Crippen LogP contribution >= 0.6 is 0 Å². The molecule has 0 atom stereocenters. The monoisotopic (exact) mass is 382 g/mol. The van der Waals surface area contributed by atoms with Crippen molar-refractivity contribution < 1.29 is 8.42 Å². The minimum Gasteiger partial charge on any atom is -0.346 e. The molecule has 2 aliphatic rings. The van der Waals surface area contributed by atoms with Crippen molar-refractivity contribution in [1.29, 1.82) is 0 Å². The average molecular weight is 382 g/mol. The predicted molar refractivity (Wildman–Crippen MR) is 100 cm³/mol. The van der Waals surface area contributed by atoms with Gasteiger partial charge in [-0.05, 0) is 18.9 Å². The van der Waals surface area contributed by atoms with Gasteiger partial charge < -0.3 is 4.98 Å². The van der Waals surface area contributed by atoms with Crippen LogP contribution in [0.3, 0.4) is 0 Å². The fourth-order valence-electron chi connectivity index (χ4n) is 3.70. The van der Waals surface area contributed by atoms with E-state index in [1.54, 1.807) is 10.5 Å². The van der Waals surface area contributed by atoms with Gasteiger partial charge >= 0.3 is 0 Å². The molecule has 0 bridgehead atoms. The summed E-state index contributed by atoms with van der Waals surface area (Å²) < 4.78 is 28.3. The zero-order chi connectivity index (χ0) is 18.6. The third-order valence-electron chi connectivity index (χ3n) is 5.37. The number of hydrogen-bond acceptors (Lipinski definition) is 5. The number of aromatic nitrogens is 5. The Labute approximate surface area is 156 Å². The van der Waals surface area contributed by atoms with E-state index in [9.17, 15) is 8.42 Å². The number of terminal acetylenes is 1. The van der Waals surface area contributed by atoms with Crippen molar-refractivity contribution in [1.82, 2.24) is 29.0 Å². The van der Waals surface area contributed by atoms with Crippen molar-refractivity contribution in [3.63, 3.8) is 0 Å². The largest absolute Gasteiger partial charge is 0.346 e. The van der Waals surface area contributed by atoms with E-state index >= 15 is 0 Å². The molecule has 5 rings (SSSR count). The molecule has 2 fully saturated rings. The second kappa shape index (κ2) is 5.65. The Balaban J connectivity index is 1.47. The van der Waals surface area contributed by atoms with E-state index in [0.717, 1.165) is 35.1 Å². The molecule has 3 aromatic heterocycles. The van der Waals surface area contributed by atoms with Crippen LogP contribution in [0.2, 0.25) is 0 Å². The number of nitrogens with zero attached hydrogens (tertiary/aromatic N) is 5. The molecular weight excluding hydrogens is 364 g/mol. The first-order valence-corrected chi connectivity index (χ1v) is 10.3. The van der Waals surface area contributed by atoms with Gasteiger partial charge in [-0.3, -0.25) is 4.68 Å². The van der Waals surface area contributed by atoms with E-state index in [1.165, 1.54) is 6.33 Å². The SMILES string of the molecule is C#CCC1(n2cc(-c3ncnc4[nH]ccc34)cn2)CN(S(=O)(=O)C2CC2)C1. The highest BCUT2D eigenvalue weighted by Crippen LogP contribution is 2.40. The number of sulfonamides is 1. The van der Waals surface area contributed by atoms with Crippen LogP contribution in [0.5, 0.6) is 0 Å². The summed E-state index contributed by atoms with van der Waals surface area (Å²) in [4.78, 5) is 11.7. The second-order valence-electron chi connectivity index (χ2n) is 7.25. The van der Waals surface area contributed by atoms with Gasteiger partial charge in [0.25, 0.3) is 0 Å². The van der Waals surface area contributed by atoms with Gasteiger partial charge in [0.2, 0.25) is 10.0 Å². The van der Waals surface area contributed by atoms with Crippen LogP contribution < -0.4 is 0 Å². The summed E-state index contributed by atoms with van der Waals surface area (Å²) in [5, 5.41) is 5.20. The topological polar surface area (TPSA) is 96.8 Å². The predicted octanol–water partition coefficient (Wildman–Crippen LogP) is 1.35. The van der Waals surface area contributed by atoms with E-state index < -0.39 is 15.6 Å². The van der Waals surface area contributed by atoms with Crippen LogP contribution in [0.25, 0.3) is 22.3 Å². The van der Waals surface area contributed by atoms with Crippen LogP contribution in [0.4, 0.5) is 0 Å².